The summed E-state index contributed by atoms with van der Waals surface area (Å²) < 4.78 is 0. The molecule has 2 aromatic rings. The molecule has 2 amide bonds. The number of halogens is 1. The zero-order valence-corrected chi connectivity index (χ0v) is 14.5. The Morgan fingerprint density at radius 2 is 2.00 bits per heavy atom. The van der Waals surface area contributed by atoms with E-state index in [0.29, 0.717) is 10.7 Å². The number of aliphatic imine (C=N–C) groups is 1. The maximum absolute atomic E-state index is 12.3. The van der Waals surface area contributed by atoms with Crippen LogP contribution in [0.15, 0.2) is 53.5 Å². The summed E-state index contributed by atoms with van der Waals surface area (Å²) in [7, 11) is 0. The molecule has 9 heteroatoms. The molecule has 136 valence electrons. The van der Waals surface area contributed by atoms with Crippen LogP contribution in [0.25, 0.3) is 6.08 Å². The molecule has 0 aliphatic carbocycles. The van der Waals surface area contributed by atoms with E-state index in [4.69, 9.17) is 11.6 Å². The van der Waals surface area contributed by atoms with E-state index in [1.807, 2.05) is 0 Å². The summed E-state index contributed by atoms with van der Waals surface area (Å²) in [5.41, 5.74) is 1.17. The second-order valence-corrected chi connectivity index (χ2v) is 6.03. The monoisotopic (exact) mass is 384 g/mol. The van der Waals surface area contributed by atoms with E-state index < -0.39 is 22.8 Å². The maximum Gasteiger partial charge on any atom is 0.271 e. The molecule has 1 aliphatic rings. The first-order chi connectivity index (χ1) is 12.9. The number of rotatable bonds is 4. The highest BCUT2D eigenvalue weighted by molar-refractivity contribution is 6.30. The molecule has 1 unspecified atom stereocenters. The van der Waals surface area contributed by atoms with Crippen LogP contribution in [-0.2, 0) is 9.59 Å². The molecule has 1 atom stereocenters. The Morgan fingerprint density at radius 1 is 1.26 bits per heavy atom. The first kappa shape index (κ1) is 18.3. The molecule has 1 aliphatic heterocycles. The zero-order valence-electron chi connectivity index (χ0n) is 13.8. The third-order valence-corrected chi connectivity index (χ3v) is 3.94. The smallest absolute Gasteiger partial charge is 0.271 e. The van der Waals surface area contributed by atoms with Gasteiger partial charge in [-0.15, -0.1) is 0 Å². The zero-order chi connectivity index (χ0) is 19.4. The van der Waals surface area contributed by atoms with Gasteiger partial charge < -0.3 is 10.6 Å². The van der Waals surface area contributed by atoms with Crippen LogP contribution >= 0.6 is 11.6 Å². The van der Waals surface area contributed by atoms with Crippen LogP contribution in [0.5, 0.6) is 0 Å². The van der Waals surface area contributed by atoms with Gasteiger partial charge in [-0.2, -0.15) is 0 Å². The first-order valence-corrected chi connectivity index (χ1v) is 8.18. The molecule has 0 fully saturated rings. The number of carbonyl (C=O) groups excluding carboxylic acids is 2. The Bertz CT molecular complexity index is 970. The standard InChI is InChI=1S/C18H13ClN4O4/c19-12-4-1-11(2-5-12)3-8-17(24)21-16-10-20-14-7-6-13(23(26)27)9-15(14)22-18(16)25/h1-10,16H,(H,21,24)(H,22,25). The molecular formula is C18H13ClN4O4. The number of nitrogens with one attached hydrogen (secondary N) is 2. The second kappa shape index (κ2) is 7.79. The minimum atomic E-state index is -1.01. The number of nitro groups is 1. The Morgan fingerprint density at radius 3 is 2.70 bits per heavy atom. The average molecular weight is 385 g/mol. The first-order valence-electron chi connectivity index (χ1n) is 7.80. The van der Waals surface area contributed by atoms with E-state index in [2.05, 4.69) is 15.6 Å². The maximum atomic E-state index is 12.3. The average Bonchev–Trinajstić information content (AvgIpc) is 2.79. The fraction of sp³-hybridized carbons (Fsp3) is 0.0556. The number of anilines is 1. The molecule has 0 saturated heterocycles. The fourth-order valence-electron chi connectivity index (χ4n) is 2.33. The van der Waals surface area contributed by atoms with Gasteiger partial charge in [0, 0.05) is 29.4 Å². The van der Waals surface area contributed by atoms with Crippen molar-refractivity contribution in [3.05, 3.63) is 69.2 Å². The van der Waals surface area contributed by atoms with Crippen molar-refractivity contribution in [2.24, 2.45) is 4.99 Å². The van der Waals surface area contributed by atoms with Gasteiger partial charge >= 0.3 is 0 Å². The van der Waals surface area contributed by atoms with Crippen molar-refractivity contribution in [1.82, 2.24) is 5.32 Å². The number of benzene rings is 2. The van der Waals surface area contributed by atoms with E-state index in [1.165, 1.54) is 30.5 Å². The summed E-state index contributed by atoms with van der Waals surface area (Å²) in [5, 5.41) is 16.5. The van der Waals surface area contributed by atoms with Crippen molar-refractivity contribution in [2.75, 3.05) is 5.32 Å². The lowest BCUT2D eigenvalue weighted by molar-refractivity contribution is -0.384. The van der Waals surface area contributed by atoms with Gasteiger partial charge in [-0.3, -0.25) is 24.7 Å². The lowest BCUT2D eigenvalue weighted by atomic mass is 10.2. The largest absolute Gasteiger partial charge is 0.336 e. The second-order valence-electron chi connectivity index (χ2n) is 5.60. The Labute approximate surface area is 158 Å². The highest BCUT2D eigenvalue weighted by atomic mass is 35.5. The molecule has 2 N–H and O–H groups in total. The van der Waals surface area contributed by atoms with Gasteiger partial charge in [-0.25, -0.2) is 0 Å². The molecule has 1 heterocycles. The van der Waals surface area contributed by atoms with Crippen molar-refractivity contribution >= 4 is 52.8 Å². The number of amides is 2. The van der Waals surface area contributed by atoms with Gasteiger partial charge in [0.25, 0.3) is 11.6 Å². The van der Waals surface area contributed by atoms with Gasteiger partial charge in [0.15, 0.2) is 0 Å². The van der Waals surface area contributed by atoms with Crippen molar-refractivity contribution in [3.8, 4) is 0 Å². The predicted octanol–water partition coefficient (Wildman–Crippen LogP) is 3.10. The van der Waals surface area contributed by atoms with Gasteiger partial charge in [-0.05, 0) is 29.8 Å². The SMILES string of the molecule is O=C(C=Cc1ccc(Cl)cc1)NC1C=Nc2ccc([N+](=O)[O-])cc2NC1=O. The van der Waals surface area contributed by atoms with Crippen molar-refractivity contribution in [2.45, 2.75) is 6.04 Å². The normalized spacial score (nSPS) is 15.7. The predicted molar refractivity (Wildman–Crippen MR) is 102 cm³/mol. The number of fused-ring (bicyclic) bond motifs is 1. The highest BCUT2D eigenvalue weighted by Gasteiger charge is 2.23. The summed E-state index contributed by atoms with van der Waals surface area (Å²) >= 11 is 5.80. The number of nitrogens with zero attached hydrogens (tertiary/aromatic N) is 2. The van der Waals surface area contributed by atoms with Gasteiger partial charge in [-0.1, -0.05) is 23.7 Å². The molecule has 0 bridgehead atoms. The third kappa shape index (κ3) is 4.56. The van der Waals surface area contributed by atoms with E-state index in [0.717, 1.165) is 5.56 Å². The van der Waals surface area contributed by atoms with E-state index in [1.54, 1.807) is 30.3 Å². The van der Waals surface area contributed by atoms with Crippen LogP contribution in [0.4, 0.5) is 17.1 Å². The Balaban J connectivity index is 1.69. The minimum absolute atomic E-state index is 0.169. The lowest BCUT2D eigenvalue weighted by Gasteiger charge is -2.11. The fourth-order valence-corrected chi connectivity index (χ4v) is 2.46. The number of hydrogen-bond donors (Lipinski definition) is 2. The molecule has 0 radical (unpaired) electrons. The quantitative estimate of drug-likeness (QED) is 0.479. The lowest BCUT2D eigenvalue weighted by Crippen LogP contribution is -2.43. The summed E-state index contributed by atoms with van der Waals surface area (Å²) in [6.45, 7) is 0. The molecule has 3 rings (SSSR count). The molecule has 2 aromatic carbocycles. The number of nitro benzene ring substituents is 1. The van der Waals surface area contributed by atoms with E-state index in [9.17, 15) is 19.7 Å². The molecule has 0 saturated carbocycles. The van der Waals surface area contributed by atoms with Crippen molar-refractivity contribution < 1.29 is 14.5 Å². The topological polar surface area (TPSA) is 114 Å². The number of carbonyl (C=O) groups is 2. The summed E-state index contributed by atoms with van der Waals surface area (Å²) in [6, 6.07) is 9.80. The van der Waals surface area contributed by atoms with Crippen molar-refractivity contribution in [3.63, 3.8) is 0 Å². The van der Waals surface area contributed by atoms with Gasteiger partial charge in [0.2, 0.25) is 5.91 Å². The Kier molecular flexibility index (Phi) is 5.28. The van der Waals surface area contributed by atoms with Crippen molar-refractivity contribution in [1.29, 1.82) is 0 Å². The molecule has 0 aromatic heterocycles. The molecule has 8 nitrogen and oxygen atoms in total. The van der Waals surface area contributed by atoms with Crippen LogP contribution < -0.4 is 10.6 Å². The van der Waals surface area contributed by atoms with Crippen LogP contribution in [0.2, 0.25) is 5.02 Å². The number of hydrogen-bond acceptors (Lipinski definition) is 5. The molecule has 27 heavy (non-hydrogen) atoms. The molecule has 0 spiro atoms. The molecular weight excluding hydrogens is 372 g/mol. The van der Waals surface area contributed by atoms with E-state index >= 15 is 0 Å². The minimum Gasteiger partial charge on any atom is -0.336 e. The van der Waals surface area contributed by atoms with Crippen LogP contribution in [-0.4, -0.2) is 29.0 Å². The van der Waals surface area contributed by atoms with Gasteiger partial charge in [0.1, 0.15) is 6.04 Å². The highest BCUT2D eigenvalue weighted by Crippen LogP contribution is 2.30. The van der Waals surface area contributed by atoms with E-state index in [-0.39, 0.29) is 11.4 Å². The van der Waals surface area contributed by atoms with Crippen LogP contribution in [0, 0.1) is 10.1 Å². The number of non-ortho nitro benzene ring substituents is 1. The van der Waals surface area contributed by atoms with Gasteiger partial charge in [0.05, 0.1) is 16.3 Å². The van der Waals surface area contributed by atoms with Crippen LogP contribution in [0.1, 0.15) is 5.56 Å². The Hall–Kier alpha value is -3.52. The van der Waals surface area contributed by atoms with Crippen LogP contribution in [0.3, 0.4) is 0 Å². The summed E-state index contributed by atoms with van der Waals surface area (Å²) in [5.74, 6) is -1.04. The summed E-state index contributed by atoms with van der Waals surface area (Å²) in [4.78, 5) is 38.8. The third-order valence-electron chi connectivity index (χ3n) is 3.69. The summed E-state index contributed by atoms with van der Waals surface area (Å²) in [6.07, 6.45) is 4.14.